The second-order valence-electron chi connectivity index (χ2n) is 6.98. The first-order chi connectivity index (χ1) is 15.5. The van der Waals surface area contributed by atoms with Crippen LogP contribution in [0.5, 0.6) is 0 Å². The Morgan fingerprint density at radius 2 is 1.75 bits per heavy atom. The van der Waals surface area contributed by atoms with E-state index in [1.54, 1.807) is 36.7 Å². The van der Waals surface area contributed by atoms with Gasteiger partial charge in [-0.2, -0.15) is 0 Å². The zero-order valence-electron chi connectivity index (χ0n) is 16.3. The number of para-hydroxylation sites is 1. The van der Waals surface area contributed by atoms with Crippen LogP contribution in [0.15, 0.2) is 71.4 Å². The van der Waals surface area contributed by atoms with E-state index in [1.165, 1.54) is 0 Å². The molecular weight excluding hydrogens is 471 g/mol. The fourth-order valence-electron chi connectivity index (χ4n) is 3.50. The summed E-state index contributed by atoms with van der Waals surface area (Å²) in [5.41, 5.74) is 2.55. The SMILES string of the molecule is O=C(c1nnc(-c2ccncc2)o1)c1c(Cl)n(Cc2ccc(Cl)cc2Cl)c2ccccc12. The van der Waals surface area contributed by atoms with Crippen molar-refractivity contribution in [3.05, 3.63) is 99.2 Å². The highest BCUT2D eigenvalue weighted by atomic mass is 35.5. The van der Waals surface area contributed by atoms with Gasteiger partial charge in [0, 0.05) is 33.4 Å². The van der Waals surface area contributed by atoms with Gasteiger partial charge in [-0.1, -0.05) is 59.1 Å². The first-order valence-corrected chi connectivity index (χ1v) is 10.7. The van der Waals surface area contributed by atoms with E-state index in [-0.39, 0.29) is 22.5 Å². The second-order valence-corrected chi connectivity index (χ2v) is 8.18. The van der Waals surface area contributed by atoms with E-state index in [9.17, 15) is 4.79 Å². The van der Waals surface area contributed by atoms with Gasteiger partial charge in [-0.3, -0.25) is 9.78 Å². The van der Waals surface area contributed by atoms with Crippen LogP contribution in [-0.4, -0.2) is 25.5 Å². The van der Waals surface area contributed by atoms with Gasteiger partial charge >= 0.3 is 0 Å². The molecule has 0 saturated heterocycles. The smallest absolute Gasteiger partial charge is 0.289 e. The van der Waals surface area contributed by atoms with Crippen molar-refractivity contribution in [3.8, 4) is 11.5 Å². The fourth-order valence-corrected chi connectivity index (χ4v) is 4.30. The molecule has 0 unspecified atom stereocenters. The van der Waals surface area contributed by atoms with Crippen LogP contribution in [-0.2, 0) is 6.54 Å². The summed E-state index contributed by atoms with van der Waals surface area (Å²) in [5, 5.41) is 9.92. The average Bonchev–Trinajstić information content (AvgIpc) is 3.40. The summed E-state index contributed by atoms with van der Waals surface area (Å²) in [6.45, 7) is 0.356. The summed E-state index contributed by atoms with van der Waals surface area (Å²) >= 11 is 19.1. The number of rotatable bonds is 5. The van der Waals surface area contributed by atoms with Crippen molar-refractivity contribution in [3.63, 3.8) is 0 Å². The molecule has 158 valence electrons. The first kappa shape index (κ1) is 20.7. The van der Waals surface area contributed by atoms with Crippen molar-refractivity contribution in [2.24, 2.45) is 0 Å². The molecule has 0 saturated carbocycles. The van der Waals surface area contributed by atoms with E-state index in [1.807, 2.05) is 34.9 Å². The number of hydrogen-bond acceptors (Lipinski definition) is 5. The van der Waals surface area contributed by atoms with Gasteiger partial charge < -0.3 is 8.98 Å². The van der Waals surface area contributed by atoms with Gasteiger partial charge in [-0.15, -0.1) is 10.2 Å². The van der Waals surface area contributed by atoms with E-state index in [0.717, 1.165) is 11.1 Å². The summed E-state index contributed by atoms with van der Waals surface area (Å²) in [6.07, 6.45) is 3.21. The summed E-state index contributed by atoms with van der Waals surface area (Å²) in [5.74, 6) is -0.380. The van der Waals surface area contributed by atoms with Crippen LogP contribution in [0.4, 0.5) is 0 Å². The van der Waals surface area contributed by atoms with E-state index >= 15 is 0 Å². The quantitative estimate of drug-likeness (QED) is 0.273. The molecule has 5 aromatic rings. The fraction of sp³-hybridized carbons (Fsp3) is 0.0435. The minimum atomic E-state index is -0.458. The molecule has 5 rings (SSSR count). The maximum atomic E-state index is 13.4. The lowest BCUT2D eigenvalue weighted by Crippen LogP contribution is -2.04. The summed E-state index contributed by atoms with van der Waals surface area (Å²) in [4.78, 5) is 17.3. The number of carbonyl (C=O) groups is 1. The van der Waals surface area contributed by atoms with E-state index < -0.39 is 5.78 Å². The van der Waals surface area contributed by atoms with Gasteiger partial charge in [-0.25, -0.2) is 0 Å². The van der Waals surface area contributed by atoms with Crippen LogP contribution in [0.2, 0.25) is 15.2 Å². The monoisotopic (exact) mass is 482 g/mol. The van der Waals surface area contributed by atoms with Crippen molar-refractivity contribution in [2.45, 2.75) is 6.54 Å². The molecule has 0 bridgehead atoms. The van der Waals surface area contributed by atoms with Crippen LogP contribution in [0, 0.1) is 0 Å². The number of carbonyl (C=O) groups excluding carboxylic acids is 1. The summed E-state index contributed by atoms with van der Waals surface area (Å²) in [7, 11) is 0. The highest BCUT2D eigenvalue weighted by Crippen LogP contribution is 2.34. The maximum absolute atomic E-state index is 13.4. The largest absolute Gasteiger partial charge is 0.413 e. The molecular formula is C23H13Cl3N4O2. The lowest BCUT2D eigenvalue weighted by Gasteiger charge is -2.09. The Bertz CT molecular complexity index is 1460. The molecule has 0 fully saturated rings. The Hall–Kier alpha value is -3.19. The van der Waals surface area contributed by atoms with Gasteiger partial charge in [0.2, 0.25) is 5.89 Å². The van der Waals surface area contributed by atoms with E-state index in [0.29, 0.717) is 27.5 Å². The Balaban J connectivity index is 1.58. The number of ketones is 1. The van der Waals surface area contributed by atoms with Gasteiger partial charge in [-0.05, 0) is 35.9 Å². The van der Waals surface area contributed by atoms with Gasteiger partial charge in [0.05, 0.1) is 17.6 Å². The summed E-state index contributed by atoms with van der Waals surface area (Å²) < 4.78 is 7.47. The number of benzene rings is 2. The number of aromatic nitrogens is 4. The van der Waals surface area contributed by atoms with Crippen molar-refractivity contribution < 1.29 is 9.21 Å². The van der Waals surface area contributed by atoms with Crippen LogP contribution in [0.1, 0.15) is 21.8 Å². The third kappa shape index (κ3) is 3.66. The molecule has 6 nitrogen and oxygen atoms in total. The second kappa shape index (κ2) is 8.39. The molecule has 0 radical (unpaired) electrons. The van der Waals surface area contributed by atoms with Crippen molar-refractivity contribution in [1.82, 2.24) is 19.7 Å². The van der Waals surface area contributed by atoms with Gasteiger partial charge in [0.15, 0.2) is 0 Å². The van der Waals surface area contributed by atoms with Crippen molar-refractivity contribution in [1.29, 1.82) is 0 Å². The minimum absolute atomic E-state index is 0.147. The van der Waals surface area contributed by atoms with E-state index in [2.05, 4.69) is 15.2 Å². The molecule has 0 atom stereocenters. The molecule has 9 heteroatoms. The molecule has 0 amide bonds. The molecule has 0 spiro atoms. The predicted octanol–water partition coefficient (Wildman–Crippen LogP) is 6.33. The molecule has 3 heterocycles. The third-order valence-corrected chi connectivity index (χ3v) is 6.00. The zero-order chi connectivity index (χ0) is 22.2. The standard InChI is InChI=1S/C23H13Cl3N4O2/c24-15-6-5-14(17(25)11-15)12-30-18-4-2-1-3-16(18)19(21(30)26)20(31)23-29-28-22(32-23)13-7-9-27-10-8-13/h1-11H,12H2. The molecule has 0 aliphatic heterocycles. The van der Waals surface area contributed by atoms with Crippen molar-refractivity contribution in [2.75, 3.05) is 0 Å². The Morgan fingerprint density at radius 1 is 0.969 bits per heavy atom. The third-order valence-electron chi connectivity index (χ3n) is 5.02. The topological polar surface area (TPSA) is 73.8 Å². The van der Waals surface area contributed by atoms with Crippen LogP contribution in [0.3, 0.4) is 0 Å². The molecule has 0 aliphatic rings. The Morgan fingerprint density at radius 3 is 2.53 bits per heavy atom. The first-order valence-electron chi connectivity index (χ1n) is 9.52. The molecule has 0 aliphatic carbocycles. The van der Waals surface area contributed by atoms with Crippen LogP contribution < -0.4 is 0 Å². The predicted molar refractivity (Wildman–Crippen MR) is 123 cm³/mol. The number of fused-ring (bicyclic) bond motifs is 1. The molecule has 0 N–H and O–H groups in total. The zero-order valence-corrected chi connectivity index (χ0v) is 18.6. The van der Waals surface area contributed by atoms with Gasteiger partial charge in [0.25, 0.3) is 11.7 Å². The highest BCUT2D eigenvalue weighted by Gasteiger charge is 2.27. The number of pyridine rings is 1. The molecule has 3 aromatic heterocycles. The Labute approximate surface area is 197 Å². The minimum Gasteiger partial charge on any atom is -0.413 e. The molecule has 2 aromatic carbocycles. The Kier molecular flexibility index (Phi) is 5.43. The normalized spacial score (nSPS) is 11.2. The summed E-state index contributed by atoms with van der Waals surface area (Å²) in [6, 6.07) is 16.1. The van der Waals surface area contributed by atoms with Crippen LogP contribution >= 0.6 is 34.8 Å². The number of hydrogen-bond donors (Lipinski definition) is 0. The van der Waals surface area contributed by atoms with E-state index in [4.69, 9.17) is 39.2 Å². The molecule has 32 heavy (non-hydrogen) atoms. The number of halogens is 3. The highest BCUT2D eigenvalue weighted by molar-refractivity contribution is 6.37. The lowest BCUT2D eigenvalue weighted by molar-refractivity contribution is 0.100. The maximum Gasteiger partial charge on any atom is 0.289 e. The van der Waals surface area contributed by atoms with Crippen molar-refractivity contribution >= 4 is 51.5 Å². The average molecular weight is 484 g/mol. The number of nitrogens with zero attached hydrogens (tertiary/aromatic N) is 4. The lowest BCUT2D eigenvalue weighted by atomic mass is 10.1. The van der Waals surface area contributed by atoms with Crippen LogP contribution in [0.25, 0.3) is 22.4 Å². The van der Waals surface area contributed by atoms with Gasteiger partial charge in [0.1, 0.15) is 5.15 Å².